The fraction of sp³-hybridized carbons (Fsp3) is 0.242. The number of rotatable bonds is 10. The van der Waals surface area contributed by atoms with Crippen LogP contribution >= 0.6 is 23.1 Å². The minimum Gasteiger partial charge on any atom is -0.497 e. The maximum absolute atomic E-state index is 14.1. The number of aromatic amines is 1. The summed E-state index contributed by atoms with van der Waals surface area (Å²) < 4.78 is 21.6. The van der Waals surface area contributed by atoms with Crippen molar-refractivity contribution in [1.82, 2.24) is 4.98 Å². The quantitative estimate of drug-likeness (QED) is 0.182. The number of benzene rings is 3. The first-order valence-corrected chi connectivity index (χ1v) is 16.2. The van der Waals surface area contributed by atoms with Crippen LogP contribution in [0.15, 0.2) is 76.6 Å². The van der Waals surface area contributed by atoms with Crippen LogP contribution in [0.4, 0.5) is 11.4 Å². The Morgan fingerprint density at radius 2 is 1.66 bits per heavy atom. The van der Waals surface area contributed by atoms with E-state index in [4.69, 9.17) is 18.9 Å². The van der Waals surface area contributed by atoms with Gasteiger partial charge in [0.2, 0.25) is 11.8 Å². The third-order valence-electron chi connectivity index (χ3n) is 7.74. The van der Waals surface area contributed by atoms with E-state index in [9.17, 15) is 24.0 Å². The van der Waals surface area contributed by atoms with Gasteiger partial charge in [-0.15, -0.1) is 0 Å². The number of methoxy groups -OCH3 is 2. The molecule has 2 aliphatic heterocycles. The molecule has 1 saturated heterocycles. The number of thioether (sulfide) groups is 1. The molecule has 6 rings (SSSR count). The van der Waals surface area contributed by atoms with E-state index in [1.807, 2.05) is 0 Å². The van der Waals surface area contributed by atoms with Crippen molar-refractivity contribution in [2.45, 2.75) is 23.1 Å². The number of fused-ring (bicyclic) bond motifs is 2. The van der Waals surface area contributed by atoms with Crippen LogP contribution in [0.3, 0.4) is 0 Å². The summed E-state index contributed by atoms with van der Waals surface area (Å²) in [5.74, 6) is -1.97. The van der Waals surface area contributed by atoms with Gasteiger partial charge in [0.25, 0.3) is 5.91 Å². The van der Waals surface area contributed by atoms with Gasteiger partial charge in [0.15, 0.2) is 18.1 Å². The standard InChI is InChI=1S/C33H29N3O9S2/c1-4-44-32(40)17-5-10-20(11-6-17)36-30(38)26-25(27-29(35-33(41)47-27)46-28(26)31(36)39)18-7-14-22(23(15-18)43-3)45-16-24(37)34-19-8-12-21(42-2)13-9-19/h5-15,25-26,28H,4,16H2,1-3H3,(H,34,37)(H,35,41)/t25-,26-,28+/m0/s1. The fourth-order valence-corrected chi connectivity index (χ4v) is 8.12. The number of amides is 3. The first kappa shape index (κ1) is 31.9. The van der Waals surface area contributed by atoms with Gasteiger partial charge in [-0.2, -0.15) is 0 Å². The number of carbonyl (C=O) groups excluding carboxylic acids is 4. The van der Waals surface area contributed by atoms with Crippen molar-refractivity contribution in [3.63, 3.8) is 0 Å². The van der Waals surface area contributed by atoms with E-state index in [0.29, 0.717) is 49.7 Å². The lowest BCUT2D eigenvalue weighted by atomic mass is 9.83. The second kappa shape index (κ2) is 13.3. The number of imide groups is 1. The molecule has 242 valence electrons. The molecule has 14 heteroatoms. The van der Waals surface area contributed by atoms with Crippen LogP contribution in [0, 0.1) is 5.92 Å². The summed E-state index contributed by atoms with van der Waals surface area (Å²) in [4.78, 5) is 69.3. The zero-order valence-corrected chi connectivity index (χ0v) is 27.1. The topological polar surface area (TPSA) is 153 Å². The smallest absolute Gasteiger partial charge is 0.338 e. The maximum Gasteiger partial charge on any atom is 0.338 e. The number of carbonyl (C=O) groups is 4. The molecule has 3 aromatic carbocycles. The molecule has 3 amide bonds. The Labute approximate surface area is 277 Å². The summed E-state index contributed by atoms with van der Waals surface area (Å²) >= 11 is 2.15. The summed E-state index contributed by atoms with van der Waals surface area (Å²) in [6.45, 7) is 1.62. The van der Waals surface area contributed by atoms with Gasteiger partial charge in [0.05, 0.1) is 43.0 Å². The minimum absolute atomic E-state index is 0.218. The zero-order chi connectivity index (χ0) is 33.2. The lowest BCUT2D eigenvalue weighted by molar-refractivity contribution is -0.122. The largest absolute Gasteiger partial charge is 0.497 e. The van der Waals surface area contributed by atoms with Gasteiger partial charge in [-0.05, 0) is 73.2 Å². The second-order valence-corrected chi connectivity index (χ2v) is 12.7. The molecule has 3 heterocycles. The normalized spacial score (nSPS) is 18.3. The monoisotopic (exact) mass is 675 g/mol. The average Bonchev–Trinajstić information content (AvgIpc) is 3.57. The van der Waals surface area contributed by atoms with Crippen molar-refractivity contribution >= 4 is 58.2 Å². The van der Waals surface area contributed by atoms with E-state index in [1.54, 1.807) is 56.5 Å². The molecular weight excluding hydrogens is 647 g/mol. The van der Waals surface area contributed by atoms with Crippen molar-refractivity contribution < 1.29 is 38.1 Å². The highest BCUT2D eigenvalue weighted by molar-refractivity contribution is 8.00. The molecule has 0 saturated carbocycles. The summed E-state index contributed by atoms with van der Waals surface area (Å²) in [7, 11) is 3.01. The van der Waals surface area contributed by atoms with Crippen LogP contribution in [0.25, 0.3) is 0 Å². The van der Waals surface area contributed by atoms with Crippen LogP contribution in [0.5, 0.6) is 17.2 Å². The number of nitrogens with zero attached hydrogens (tertiary/aromatic N) is 1. The number of hydrogen-bond donors (Lipinski definition) is 2. The molecule has 47 heavy (non-hydrogen) atoms. The number of nitrogens with one attached hydrogen (secondary N) is 2. The van der Waals surface area contributed by atoms with Crippen molar-refractivity contribution in [3.8, 4) is 17.2 Å². The fourth-order valence-electron chi connectivity index (χ4n) is 5.60. The van der Waals surface area contributed by atoms with Crippen LogP contribution in [0.1, 0.15) is 33.6 Å². The van der Waals surface area contributed by atoms with E-state index in [1.165, 1.54) is 31.4 Å². The van der Waals surface area contributed by atoms with Crippen molar-refractivity contribution in [2.24, 2.45) is 5.92 Å². The molecule has 0 spiro atoms. The number of anilines is 2. The van der Waals surface area contributed by atoms with Gasteiger partial charge in [-0.1, -0.05) is 29.2 Å². The summed E-state index contributed by atoms with van der Waals surface area (Å²) in [6.07, 6.45) is 0. The van der Waals surface area contributed by atoms with Crippen LogP contribution in [0.2, 0.25) is 0 Å². The predicted molar refractivity (Wildman–Crippen MR) is 175 cm³/mol. The lowest BCUT2D eigenvalue weighted by Crippen LogP contribution is -2.32. The molecular formula is C33H29N3O9S2. The Balaban J connectivity index is 1.26. The zero-order valence-electron chi connectivity index (χ0n) is 25.4. The summed E-state index contributed by atoms with van der Waals surface area (Å²) in [5.41, 5.74) is 1.83. The van der Waals surface area contributed by atoms with Gasteiger partial charge >= 0.3 is 10.8 Å². The number of hydrogen-bond acceptors (Lipinski definition) is 11. The highest BCUT2D eigenvalue weighted by Gasteiger charge is 2.56. The SMILES string of the molecule is CCOC(=O)c1ccc(N2C(=O)[C@H]3[C@H](c4ccc(OCC(=O)Nc5ccc(OC)cc5)c(OC)c4)c4sc(=O)[nH]c4S[C@H]3C2=O)cc1. The molecule has 0 radical (unpaired) electrons. The second-order valence-electron chi connectivity index (χ2n) is 10.5. The lowest BCUT2D eigenvalue weighted by Gasteiger charge is -2.30. The highest BCUT2D eigenvalue weighted by atomic mass is 32.2. The number of ether oxygens (including phenoxy) is 4. The van der Waals surface area contributed by atoms with E-state index >= 15 is 0 Å². The Morgan fingerprint density at radius 3 is 2.34 bits per heavy atom. The molecule has 3 atom stereocenters. The molecule has 0 bridgehead atoms. The van der Waals surface area contributed by atoms with Gasteiger partial charge in [0, 0.05) is 16.5 Å². The molecule has 2 aliphatic rings. The van der Waals surface area contributed by atoms with Gasteiger partial charge in [-0.25, -0.2) is 9.69 Å². The van der Waals surface area contributed by atoms with Crippen LogP contribution in [-0.4, -0.2) is 61.4 Å². The van der Waals surface area contributed by atoms with Gasteiger partial charge in [0.1, 0.15) is 11.0 Å². The maximum atomic E-state index is 14.1. The van der Waals surface area contributed by atoms with E-state index in [2.05, 4.69) is 10.3 Å². The predicted octanol–water partition coefficient (Wildman–Crippen LogP) is 4.44. The third kappa shape index (κ3) is 6.21. The number of esters is 1. The molecule has 2 N–H and O–H groups in total. The summed E-state index contributed by atoms with van der Waals surface area (Å²) in [5, 5.41) is 2.47. The first-order valence-electron chi connectivity index (χ1n) is 14.5. The van der Waals surface area contributed by atoms with Crippen molar-refractivity contribution in [1.29, 1.82) is 0 Å². The van der Waals surface area contributed by atoms with E-state index in [-0.39, 0.29) is 24.0 Å². The minimum atomic E-state index is -0.831. The van der Waals surface area contributed by atoms with E-state index in [0.717, 1.165) is 28.0 Å². The van der Waals surface area contributed by atoms with Crippen molar-refractivity contribution in [2.75, 3.05) is 37.7 Å². The molecule has 1 fully saturated rings. The summed E-state index contributed by atoms with van der Waals surface area (Å²) in [6, 6.07) is 18.0. The average molecular weight is 676 g/mol. The number of thiazole rings is 1. The van der Waals surface area contributed by atoms with Gasteiger partial charge < -0.3 is 29.2 Å². The Bertz CT molecular complexity index is 1900. The Hall–Kier alpha value is -5.08. The Kier molecular flexibility index (Phi) is 9.05. The van der Waals surface area contributed by atoms with Crippen LogP contribution < -0.4 is 29.3 Å². The van der Waals surface area contributed by atoms with Crippen molar-refractivity contribution in [3.05, 3.63) is 92.4 Å². The molecule has 4 aromatic rings. The number of aromatic nitrogens is 1. The van der Waals surface area contributed by atoms with E-state index < -0.39 is 34.9 Å². The molecule has 0 unspecified atom stereocenters. The molecule has 1 aromatic heterocycles. The Morgan fingerprint density at radius 1 is 0.915 bits per heavy atom. The third-order valence-corrected chi connectivity index (χ3v) is 10.1. The van der Waals surface area contributed by atoms with Crippen LogP contribution in [-0.2, 0) is 19.1 Å². The first-order chi connectivity index (χ1) is 22.7. The molecule has 0 aliphatic carbocycles. The van der Waals surface area contributed by atoms with Gasteiger partial charge in [-0.3, -0.25) is 19.2 Å². The molecule has 12 nitrogen and oxygen atoms in total. The number of H-pyrrole nitrogens is 1. The highest BCUT2D eigenvalue weighted by Crippen LogP contribution is 2.53.